The number of hydrogen-bond acceptors (Lipinski definition) is 6. The van der Waals surface area contributed by atoms with Crippen LogP contribution in [0.3, 0.4) is 0 Å². The first kappa shape index (κ1) is 16.6. The van der Waals surface area contributed by atoms with E-state index < -0.39 is 0 Å². The number of rotatable bonds is 5. The fourth-order valence-electron chi connectivity index (χ4n) is 2.92. The molecule has 0 saturated heterocycles. The fourth-order valence-corrected chi connectivity index (χ4v) is 3.55. The molecule has 28 heavy (non-hydrogen) atoms. The highest BCUT2D eigenvalue weighted by molar-refractivity contribution is 7.08. The Balaban J connectivity index is 1.37. The number of nitrogens with zero attached hydrogens (tertiary/aromatic N) is 6. The lowest BCUT2D eigenvalue weighted by atomic mass is 10.2. The molecule has 7 nitrogen and oxygen atoms in total. The van der Waals surface area contributed by atoms with Gasteiger partial charge in [0.2, 0.25) is 0 Å². The Morgan fingerprint density at radius 1 is 1.11 bits per heavy atom. The molecule has 1 N–H and O–H groups in total. The molecule has 0 bridgehead atoms. The number of hydrogen-bond donors (Lipinski definition) is 1. The molecule has 4 heterocycles. The van der Waals surface area contributed by atoms with Crippen LogP contribution in [0.4, 0.5) is 10.2 Å². The smallest absolute Gasteiger partial charge is 0.186 e. The number of thiophene rings is 1. The van der Waals surface area contributed by atoms with Crippen molar-refractivity contribution in [2.45, 2.75) is 6.54 Å². The van der Waals surface area contributed by atoms with E-state index in [-0.39, 0.29) is 5.82 Å². The molecule has 0 fully saturated rings. The summed E-state index contributed by atoms with van der Waals surface area (Å²) < 4.78 is 17.7. The molecule has 1 aromatic carbocycles. The quantitative estimate of drug-likeness (QED) is 0.493. The van der Waals surface area contributed by atoms with Crippen molar-refractivity contribution in [3.8, 4) is 17.1 Å². The van der Waals surface area contributed by atoms with Gasteiger partial charge in [-0.2, -0.15) is 15.9 Å². The number of imidazole rings is 1. The van der Waals surface area contributed by atoms with Gasteiger partial charge >= 0.3 is 0 Å². The Hall–Kier alpha value is -3.59. The molecule has 0 unspecified atom stereocenters. The van der Waals surface area contributed by atoms with E-state index in [2.05, 4.69) is 25.6 Å². The third-order valence-electron chi connectivity index (χ3n) is 4.31. The van der Waals surface area contributed by atoms with Crippen LogP contribution < -0.4 is 5.32 Å². The van der Waals surface area contributed by atoms with Crippen molar-refractivity contribution in [1.29, 1.82) is 0 Å². The van der Waals surface area contributed by atoms with Crippen molar-refractivity contribution in [1.82, 2.24) is 29.4 Å². The minimum absolute atomic E-state index is 0.306. The number of nitrogens with one attached hydrogen (secondary N) is 1. The van der Waals surface area contributed by atoms with Crippen LogP contribution >= 0.6 is 11.3 Å². The average Bonchev–Trinajstić information content (AvgIpc) is 3.47. The predicted octanol–water partition coefficient (Wildman–Crippen LogP) is 3.79. The van der Waals surface area contributed by atoms with Crippen LogP contribution in [-0.4, -0.2) is 29.4 Å². The molecule has 9 heteroatoms. The molecule has 0 aliphatic carbocycles. The predicted molar refractivity (Wildman–Crippen MR) is 105 cm³/mol. The molecule has 0 radical (unpaired) electrons. The van der Waals surface area contributed by atoms with Gasteiger partial charge in [0.05, 0.1) is 12.0 Å². The van der Waals surface area contributed by atoms with Crippen LogP contribution in [0.5, 0.6) is 0 Å². The first-order valence-electron chi connectivity index (χ1n) is 8.53. The highest BCUT2D eigenvalue weighted by Crippen LogP contribution is 2.21. The highest BCUT2D eigenvalue weighted by Gasteiger charge is 2.11. The minimum Gasteiger partial charge on any atom is -0.365 e. The van der Waals surface area contributed by atoms with Gasteiger partial charge in [-0.05, 0) is 41.3 Å². The number of benzene rings is 1. The molecule has 0 aliphatic heterocycles. The van der Waals surface area contributed by atoms with E-state index in [4.69, 9.17) is 0 Å². The van der Waals surface area contributed by atoms with Crippen molar-refractivity contribution >= 4 is 22.8 Å². The van der Waals surface area contributed by atoms with Gasteiger partial charge in [-0.3, -0.25) is 0 Å². The van der Waals surface area contributed by atoms with Crippen molar-refractivity contribution < 1.29 is 4.39 Å². The summed E-state index contributed by atoms with van der Waals surface area (Å²) in [5.74, 6) is 1.04. The maximum atomic E-state index is 14.4. The van der Waals surface area contributed by atoms with Crippen molar-refractivity contribution in [2.75, 3.05) is 5.32 Å². The van der Waals surface area contributed by atoms with Gasteiger partial charge in [0.1, 0.15) is 11.6 Å². The Kier molecular flexibility index (Phi) is 4.06. The summed E-state index contributed by atoms with van der Waals surface area (Å²) in [6, 6.07) is 10.8. The topological polar surface area (TPSA) is 72.9 Å². The summed E-state index contributed by atoms with van der Waals surface area (Å²) in [4.78, 5) is 3.95. The van der Waals surface area contributed by atoms with Gasteiger partial charge < -0.3 is 9.88 Å². The third-order valence-corrected chi connectivity index (χ3v) is 4.99. The van der Waals surface area contributed by atoms with E-state index in [1.165, 1.54) is 6.07 Å². The lowest BCUT2D eigenvalue weighted by molar-refractivity contribution is 0.616. The summed E-state index contributed by atoms with van der Waals surface area (Å²) in [5.41, 5.74) is 2.91. The van der Waals surface area contributed by atoms with E-state index in [0.717, 1.165) is 11.1 Å². The zero-order valence-corrected chi connectivity index (χ0v) is 15.3. The summed E-state index contributed by atoms with van der Waals surface area (Å²) >= 11 is 1.59. The molecule has 0 atom stereocenters. The molecule has 138 valence electrons. The summed E-state index contributed by atoms with van der Waals surface area (Å²) in [5, 5.41) is 20.1. The fraction of sp³-hybridized carbons (Fsp3) is 0.0526. The van der Waals surface area contributed by atoms with Gasteiger partial charge in [-0.1, -0.05) is 6.07 Å². The number of aromatic nitrogens is 6. The normalized spacial score (nSPS) is 11.2. The van der Waals surface area contributed by atoms with E-state index in [9.17, 15) is 4.39 Å². The maximum absolute atomic E-state index is 14.4. The van der Waals surface area contributed by atoms with Gasteiger partial charge in [-0.25, -0.2) is 9.37 Å². The van der Waals surface area contributed by atoms with E-state index in [0.29, 0.717) is 29.5 Å². The molecule has 4 aromatic heterocycles. The van der Waals surface area contributed by atoms with Gasteiger partial charge in [-0.15, -0.1) is 15.3 Å². The molecule has 0 spiro atoms. The standard InChI is InChI=1S/C19H14FN7S/c20-15-9-13(1-2-16(15)26-7-6-21-12-26)10-22-17-3-4-18-23-24-19(27(18)25-17)14-5-8-28-11-14/h1-9,11-12H,10H2,(H,22,25). The molecule has 5 rings (SSSR count). The van der Waals surface area contributed by atoms with E-state index in [1.807, 2.05) is 35.0 Å². The Morgan fingerprint density at radius 2 is 2.07 bits per heavy atom. The van der Waals surface area contributed by atoms with E-state index in [1.54, 1.807) is 45.2 Å². The van der Waals surface area contributed by atoms with Crippen LogP contribution in [0.25, 0.3) is 22.7 Å². The maximum Gasteiger partial charge on any atom is 0.186 e. The number of anilines is 1. The lowest BCUT2D eigenvalue weighted by Crippen LogP contribution is -2.05. The summed E-state index contributed by atoms with van der Waals surface area (Å²) in [6.45, 7) is 0.440. The monoisotopic (exact) mass is 391 g/mol. The minimum atomic E-state index is -0.306. The van der Waals surface area contributed by atoms with Crippen LogP contribution in [-0.2, 0) is 6.54 Å². The summed E-state index contributed by atoms with van der Waals surface area (Å²) in [7, 11) is 0. The Labute approximate surface area is 163 Å². The Morgan fingerprint density at radius 3 is 2.86 bits per heavy atom. The lowest BCUT2D eigenvalue weighted by Gasteiger charge is -2.09. The third kappa shape index (κ3) is 3.01. The average molecular weight is 391 g/mol. The number of fused-ring (bicyclic) bond motifs is 1. The molecule has 5 aromatic rings. The molecule has 0 amide bonds. The Bertz CT molecular complexity index is 1230. The van der Waals surface area contributed by atoms with Crippen LogP contribution in [0.1, 0.15) is 5.56 Å². The molecule has 0 saturated carbocycles. The van der Waals surface area contributed by atoms with Crippen LogP contribution in [0, 0.1) is 5.82 Å². The highest BCUT2D eigenvalue weighted by atomic mass is 32.1. The SMILES string of the molecule is Fc1cc(CNc2ccc3nnc(-c4ccsc4)n3n2)ccc1-n1ccnc1. The second kappa shape index (κ2) is 6.86. The van der Waals surface area contributed by atoms with Crippen molar-refractivity contribution in [3.05, 3.63) is 77.3 Å². The van der Waals surface area contributed by atoms with Crippen molar-refractivity contribution in [2.24, 2.45) is 0 Å². The van der Waals surface area contributed by atoms with E-state index >= 15 is 0 Å². The van der Waals surface area contributed by atoms with Gasteiger partial charge in [0.15, 0.2) is 11.5 Å². The number of halogens is 1. The summed E-state index contributed by atoms with van der Waals surface area (Å²) in [6.07, 6.45) is 4.89. The van der Waals surface area contributed by atoms with Crippen LogP contribution in [0.2, 0.25) is 0 Å². The molecule has 0 aliphatic rings. The van der Waals surface area contributed by atoms with Crippen molar-refractivity contribution in [3.63, 3.8) is 0 Å². The first-order valence-corrected chi connectivity index (χ1v) is 9.48. The zero-order valence-electron chi connectivity index (χ0n) is 14.5. The van der Waals surface area contributed by atoms with Crippen LogP contribution in [0.15, 0.2) is 65.9 Å². The van der Waals surface area contributed by atoms with Gasteiger partial charge in [0.25, 0.3) is 0 Å². The zero-order chi connectivity index (χ0) is 18.9. The largest absolute Gasteiger partial charge is 0.365 e. The first-order chi connectivity index (χ1) is 13.8. The second-order valence-corrected chi connectivity index (χ2v) is 6.91. The molecular weight excluding hydrogens is 377 g/mol. The van der Waals surface area contributed by atoms with Gasteiger partial charge in [0, 0.05) is 29.9 Å². The second-order valence-electron chi connectivity index (χ2n) is 6.13. The molecular formula is C19H14FN7S.